The molecule has 1 fully saturated rings. The van der Waals surface area contributed by atoms with Crippen LogP contribution in [-0.4, -0.2) is 46.4 Å². The van der Waals surface area contributed by atoms with Gasteiger partial charge in [0.05, 0.1) is 11.3 Å². The molecule has 3 heterocycles. The Labute approximate surface area is 153 Å². The summed E-state index contributed by atoms with van der Waals surface area (Å²) in [5.74, 6) is 1.17. The van der Waals surface area contributed by atoms with Crippen LogP contribution < -0.4 is 10.2 Å². The van der Waals surface area contributed by atoms with E-state index in [-0.39, 0.29) is 18.4 Å². The molecule has 1 amide bonds. The van der Waals surface area contributed by atoms with Crippen molar-refractivity contribution in [1.29, 1.82) is 0 Å². The fourth-order valence-electron chi connectivity index (χ4n) is 3.39. The third-order valence-electron chi connectivity index (χ3n) is 4.77. The summed E-state index contributed by atoms with van der Waals surface area (Å²) < 4.78 is 5.18. The Kier molecular flexibility index (Phi) is 5.27. The number of nitrogens with one attached hydrogen (secondary N) is 1. The molecule has 3 rings (SSSR count). The quantitative estimate of drug-likeness (QED) is 0.852. The van der Waals surface area contributed by atoms with E-state index in [0.717, 1.165) is 18.8 Å². The van der Waals surface area contributed by atoms with E-state index in [0.29, 0.717) is 30.0 Å². The van der Waals surface area contributed by atoms with E-state index >= 15 is 0 Å². The molecule has 2 aromatic rings. The van der Waals surface area contributed by atoms with E-state index in [1.54, 1.807) is 13.1 Å². The minimum atomic E-state index is -0.992. The molecule has 2 N–H and O–H groups in total. The van der Waals surface area contributed by atoms with Gasteiger partial charge >= 0.3 is 0 Å². The van der Waals surface area contributed by atoms with Crippen molar-refractivity contribution in [1.82, 2.24) is 15.5 Å². The van der Waals surface area contributed by atoms with Crippen LogP contribution >= 0.6 is 0 Å². The maximum Gasteiger partial charge on any atom is 0.256 e. The van der Waals surface area contributed by atoms with E-state index in [1.807, 2.05) is 32.0 Å². The van der Waals surface area contributed by atoms with Crippen LogP contribution in [0.4, 0.5) is 5.82 Å². The van der Waals surface area contributed by atoms with Crippen molar-refractivity contribution in [2.24, 2.45) is 0 Å². The van der Waals surface area contributed by atoms with Crippen molar-refractivity contribution in [3.63, 3.8) is 0 Å². The van der Waals surface area contributed by atoms with Gasteiger partial charge in [-0.1, -0.05) is 25.1 Å². The second-order valence-electron chi connectivity index (χ2n) is 7.27. The number of carbonyl (C=O) groups is 1. The zero-order valence-electron chi connectivity index (χ0n) is 15.5. The fourth-order valence-corrected chi connectivity index (χ4v) is 3.39. The van der Waals surface area contributed by atoms with Gasteiger partial charge in [-0.25, -0.2) is 4.98 Å². The summed E-state index contributed by atoms with van der Waals surface area (Å²) in [6.07, 6.45) is 3.22. The minimum Gasteiger partial charge on any atom is -0.386 e. The van der Waals surface area contributed by atoms with Gasteiger partial charge in [0.25, 0.3) is 5.91 Å². The van der Waals surface area contributed by atoms with Gasteiger partial charge < -0.3 is 19.8 Å². The third-order valence-corrected chi connectivity index (χ3v) is 4.77. The van der Waals surface area contributed by atoms with Crippen LogP contribution in [0.25, 0.3) is 0 Å². The van der Waals surface area contributed by atoms with Crippen molar-refractivity contribution in [2.45, 2.75) is 45.1 Å². The third kappa shape index (κ3) is 3.88. The van der Waals surface area contributed by atoms with Crippen LogP contribution in [0.3, 0.4) is 0 Å². The van der Waals surface area contributed by atoms with Gasteiger partial charge in [0.15, 0.2) is 0 Å². The Morgan fingerprint density at radius 2 is 2.27 bits per heavy atom. The van der Waals surface area contributed by atoms with Gasteiger partial charge in [-0.2, -0.15) is 0 Å². The van der Waals surface area contributed by atoms with Crippen LogP contribution in [0, 0.1) is 6.92 Å². The normalized spacial score (nSPS) is 20.4. The first kappa shape index (κ1) is 18.4. The Hall–Kier alpha value is -2.41. The molecule has 1 atom stereocenters. The lowest BCUT2D eigenvalue weighted by Crippen LogP contribution is -2.54. The van der Waals surface area contributed by atoms with Crippen molar-refractivity contribution < 1.29 is 14.4 Å². The summed E-state index contributed by atoms with van der Waals surface area (Å²) in [7, 11) is 0. The summed E-state index contributed by atoms with van der Waals surface area (Å²) >= 11 is 0. The molecule has 2 aromatic heterocycles. The van der Waals surface area contributed by atoms with Gasteiger partial charge in [0, 0.05) is 25.8 Å². The standard InChI is InChI=1S/C19H26N4O3/c1-13(2)17-16(14(3)26-22-17)18(24)21-11-19(25)8-6-10-23(12-19)15-7-4-5-9-20-15/h4-5,7,9,13,25H,6,8,10-12H2,1-3H3,(H,21,24)/t19-/m0/s1. The number of amides is 1. The highest BCUT2D eigenvalue weighted by Gasteiger charge is 2.35. The summed E-state index contributed by atoms with van der Waals surface area (Å²) in [5.41, 5.74) is 0.126. The highest BCUT2D eigenvalue weighted by atomic mass is 16.5. The summed E-state index contributed by atoms with van der Waals surface area (Å²) in [5, 5.41) is 17.8. The average molecular weight is 358 g/mol. The molecule has 0 bridgehead atoms. The lowest BCUT2D eigenvalue weighted by Gasteiger charge is -2.39. The van der Waals surface area contributed by atoms with E-state index in [4.69, 9.17) is 4.52 Å². The molecule has 7 nitrogen and oxygen atoms in total. The highest BCUT2D eigenvalue weighted by molar-refractivity contribution is 5.96. The number of pyridine rings is 1. The molecule has 1 aliphatic heterocycles. The van der Waals surface area contributed by atoms with Gasteiger partial charge in [-0.15, -0.1) is 0 Å². The van der Waals surface area contributed by atoms with E-state index in [9.17, 15) is 9.90 Å². The first-order valence-electron chi connectivity index (χ1n) is 9.02. The number of piperidine rings is 1. The smallest absolute Gasteiger partial charge is 0.256 e. The summed E-state index contributed by atoms with van der Waals surface area (Å²) in [6.45, 7) is 7.11. The lowest BCUT2D eigenvalue weighted by molar-refractivity contribution is 0.0254. The van der Waals surface area contributed by atoms with Crippen molar-refractivity contribution in [2.75, 3.05) is 24.5 Å². The van der Waals surface area contributed by atoms with E-state index < -0.39 is 5.60 Å². The Bertz CT molecular complexity index is 759. The molecule has 1 saturated heterocycles. The van der Waals surface area contributed by atoms with Gasteiger partial charge in [0.1, 0.15) is 17.1 Å². The first-order chi connectivity index (χ1) is 12.4. The monoisotopic (exact) mass is 358 g/mol. The number of anilines is 1. The Morgan fingerprint density at radius 3 is 2.96 bits per heavy atom. The van der Waals surface area contributed by atoms with Crippen molar-refractivity contribution in [3.05, 3.63) is 41.4 Å². The van der Waals surface area contributed by atoms with Crippen LogP contribution in [-0.2, 0) is 0 Å². The number of carbonyl (C=O) groups excluding carboxylic acids is 1. The molecule has 0 radical (unpaired) electrons. The van der Waals surface area contributed by atoms with Crippen LogP contribution in [0.2, 0.25) is 0 Å². The predicted octanol–water partition coefficient (Wildman–Crippen LogP) is 2.26. The summed E-state index contributed by atoms with van der Waals surface area (Å²) in [4.78, 5) is 19.0. The predicted molar refractivity (Wildman–Crippen MR) is 98.3 cm³/mol. The second-order valence-corrected chi connectivity index (χ2v) is 7.27. The lowest BCUT2D eigenvalue weighted by atomic mass is 9.92. The Morgan fingerprint density at radius 1 is 1.46 bits per heavy atom. The number of hydrogen-bond donors (Lipinski definition) is 2. The molecular weight excluding hydrogens is 332 g/mol. The maximum absolute atomic E-state index is 12.6. The van der Waals surface area contributed by atoms with Gasteiger partial charge in [-0.05, 0) is 37.8 Å². The molecule has 26 heavy (non-hydrogen) atoms. The number of nitrogens with zero attached hydrogens (tertiary/aromatic N) is 3. The molecule has 0 aliphatic carbocycles. The fraction of sp³-hybridized carbons (Fsp3) is 0.526. The minimum absolute atomic E-state index is 0.0885. The molecule has 140 valence electrons. The first-order valence-corrected chi connectivity index (χ1v) is 9.02. The molecular formula is C19H26N4O3. The van der Waals surface area contributed by atoms with E-state index in [1.165, 1.54) is 0 Å². The maximum atomic E-state index is 12.6. The van der Waals surface area contributed by atoms with Crippen molar-refractivity contribution in [3.8, 4) is 0 Å². The Balaban J connectivity index is 1.67. The molecule has 7 heteroatoms. The molecule has 0 spiro atoms. The zero-order chi connectivity index (χ0) is 18.7. The SMILES string of the molecule is Cc1onc(C(C)C)c1C(=O)NC[C@@]1(O)CCCN(c2ccccn2)C1. The second kappa shape index (κ2) is 7.45. The topological polar surface area (TPSA) is 91.5 Å². The van der Waals surface area contributed by atoms with Crippen LogP contribution in [0.15, 0.2) is 28.9 Å². The largest absolute Gasteiger partial charge is 0.386 e. The van der Waals surface area contributed by atoms with Gasteiger partial charge in [0.2, 0.25) is 0 Å². The van der Waals surface area contributed by atoms with E-state index in [2.05, 4.69) is 20.4 Å². The number of aliphatic hydroxyl groups is 1. The van der Waals surface area contributed by atoms with Crippen LogP contribution in [0.5, 0.6) is 0 Å². The number of β-amino-alcohol motifs (C(OH)–C–C–N with tert-alkyl or cyclic N) is 1. The van der Waals surface area contributed by atoms with Crippen LogP contribution in [0.1, 0.15) is 54.4 Å². The molecule has 0 saturated carbocycles. The molecule has 1 aliphatic rings. The zero-order valence-corrected chi connectivity index (χ0v) is 15.5. The molecule has 0 aromatic carbocycles. The average Bonchev–Trinajstić information content (AvgIpc) is 3.02. The van der Waals surface area contributed by atoms with Gasteiger partial charge in [-0.3, -0.25) is 4.79 Å². The molecule has 0 unspecified atom stereocenters. The number of aromatic nitrogens is 2. The van der Waals surface area contributed by atoms with Crippen molar-refractivity contribution >= 4 is 11.7 Å². The summed E-state index contributed by atoms with van der Waals surface area (Å²) in [6, 6.07) is 5.73. The number of rotatable bonds is 5. The highest BCUT2D eigenvalue weighted by Crippen LogP contribution is 2.25. The number of hydrogen-bond acceptors (Lipinski definition) is 6. The number of aryl methyl sites for hydroxylation is 1.